The van der Waals surface area contributed by atoms with Crippen molar-refractivity contribution in [3.05, 3.63) is 77.5 Å². The van der Waals surface area contributed by atoms with Crippen molar-refractivity contribution in [3.63, 3.8) is 0 Å². The first-order valence-electron chi connectivity index (χ1n) is 8.65. The molecule has 136 valence electrons. The van der Waals surface area contributed by atoms with Crippen molar-refractivity contribution in [2.75, 3.05) is 6.54 Å². The number of rotatable bonds is 5. The molecule has 27 heavy (non-hydrogen) atoms. The minimum absolute atomic E-state index is 0.277. The number of aromatic amines is 1. The fourth-order valence-electron chi connectivity index (χ4n) is 3.11. The van der Waals surface area contributed by atoms with Gasteiger partial charge in [-0.15, -0.1) is 5.10 Å². The molecule has 0 unspecified atom stereocenters. The number of halogens is 1. The lowest BCUT2D eigenvalue weighted by molar-refractivity contribution is 0.0948. The quantitative estimate of drug-likeness (QED) is 0.572. The number of hydrogen-bond acceptors (Lipinski definition) is 3. The number of carbonyl (C=O) groups is 1. The van der Waals surface area contributed by atoms with E-state index in [2.05, 4.69) is 20.6 Å². The maximum Gasteiger partial charge on any atom is 0.273 e. The summed E-state index contributed by atoms with van der Waals surface area (Å²) in [4.78, 5) is 15.6. The SMILES string of the molecule is Cc1c(C(=O)NCCc2c[nH]c3ccc(F)cc23)nnn1-c1ccccc1. The Morgan fingerprint density at radius 1 is 1.22 bits per heavy atom. The summed E-state index contributed by atoms with van der Waals surface area (Å²) >= 11 is 0. The number of para-hydroxylation sites is 1. The summed E-state index contributed by atoms with van der Waals surface area (Å²) in [5.74, 6) is -0.554. The van der Waals surface area contributed by atoms with Crippen LogP contribution in [-0.4, -0.2) is 32.4 Å². The van der Waals surface area contributed by atoms with Crippen LogP contribution in [0, 0.1) is 12.7 Å². The third kappa shape index (κ3) is 3.31. The molecule has 0 saturated carbocycles. The first kappa shape index (κ1) is 17.0. The van der Waals surface area contributed by atoms with Crippen LogP contribution in [0.15, 0.2) is 54.7 Å². The summed E-state index contributed by atoms with van der Waals surface area (Å²) in [6, 6.07) is 14.2. The molecule has 6 nitrogen and oxygen atoms in total. The van der Waals surface area contributed by atoms with Crippen molar-refractivity contribution in [2.45, 2.75) is 13.3 Å². The molecule has 7 heteroatoms. The molecule has 1 amide bonds. The smallest absolute Gasteiger partial charge is 0.273 e. The molecule has 0 bridgehead atoms. The number of hydrogen-bond donors (Lipinski definition) is 2. The van der Waals surface area contributed by atoms with E-state index in [0.29, 0.717) is 24.4 Å². The normalized spacial score (nSPS) is 11.0. The van der Waals surface area contributed by atoms with Gasteiger partial charge in [-0.1, -0.05) is 23.4 Å². The first-order chi connectivity index (χ1) is 13.1. The molecule has 4 rings (SSSR count). The van der Waals surface area contributed by atoms with Gasteiger partial charge in [0.1, 0.15) is 5.82 Å². The average Bonchev–Trinajstić information content (AvgIpc) is 3.26. The number of fused-ring (bicyclic) bond motifs is 1. The zero-order valence-corrected chi connectivity index (χ0v) is 14.7. The third-order valence-electron chi connectivity index (χ3n) is 4.52. The predicted octanol–water partition coefficient (Wildman–Crippen LogP) is 3.17. The van der Waals surface area contributed by atoms with E-state index in [1.807, 2.05) is 43.5 Å². The van der Waals surface area contributed by atoms with E-state index < -0.39 is 0 Å². The molecule has 0 aliphatic rings. The number of H-pyrrole nitrogens is 1. The summed E-state index contributed by atoms with van der Waals surface area (Å²) in [6.07, 6.45) is 2.42. The van der Waals surface area contributed by atoms with Crippen molar-refractivity contribution in [1.29, 1.82) is 0 Å². The van der Waals surface area contributed by atoms with Gasteiger partial charge in [0.15, 0.2) is 5.69 Å². The zero-order chi connectivity index (χ0) is 18.8. The van der Waals surface area contributed by atoms with Crippen LogP contribution < -0.4 is 5.32 Å². The Morgan fingerprint density at radius 3 is 2.85 bits per heavy atom. The Labute approximate surface area is 155 Å². The Balaban J connectivity index is 1.44. The molecule has 2 aromatic heterocycles. The minimum atomic E-state index is -0.277. The van der Waals surface area contributed by atoms with Gasteiger partial charge in [-0.3, -0.25) is 4.79 Å². The second-order valence-corrected chi connectivity index (χ2v) is 6.28. The molecule has 0 aliphatic carbocycles. The Kier molecular flexibility index (Phi) is 4.42. The molecule has 0 atom stereocenters. The van der Waals surface area contributed by atoms with E-state index in [9.17, 15) is 9.18 Å². The van der Waals surface area contributed by atoms with E-state index in [4.69, 9.17) is 0 Å². The first-order valence-corrected chi connectivity index (χ1v) is 8.65. The van der Waals surface area contributed by atoms with Gasteiger partial charge >= 0.3 is 0 Å². The van der Waals surface area contributed by atoms with E-state index in [0.717, 1.165) is 22.2 Å². The van der Waals surface area contributed by atoms with Crippen LogP contribution >= 0.6 is 0 Å². The molecule has 0 fully saturated rings. The van der Waals surface area contributed by atoms with Crippen molar-refractivity contribution >= 4 is 16.8 Å². The van der Waals surface area contributed by atoms with Crippen LogP contribution in [0.2, 0.25) is 0 Å². The van der Waals surface area contributed by atoms with Crippen molar-refractivity contribution in [2.24, 2.45) is 0 Å². The highest BCUT2D eigenvalue weighted by Crippen LogP contribution is 2.19. The zero-order valence-electron chi connectivity index (χ0n) is 14.7. The van der Waals surface area contributed by atoms with E-state index in [1.54, 1.807) is 10.7 Å². The van der Waals surface area contributed by atoms with Crippen LogP contribution in [0.25, 0.3) is 16.6 Å². The van der Waals surface area contributed by atoms with Gasteiger partial charge in [-0.2, -0.15) is 0 Å². The molecule has 0 aliphatic heterocycles. The van der Waals surface area contributed by atoms with Gasteiger partial charge < -0.3 is 10.3 Å². The number of nitrogens with zero attached hydrogens (tertiary/aromatic N) is 3. The number of nitrogens with one attached hydrogen (secondary N) is 2. The lowest BCUT2D eigenvalue weighted by atomic mass is 10.1. The highest BCUT2D eigenvalue weighted by molar-refractivity contribution is 5.93. The summed E-state index contributed by atoms with van der Waals surface area (Å²) < 4.78 is 15.1. The molecule has 0 saturated heterocycles. The summed E-state index contributed by atoms with van der Waals surface area (Å²) in [7, 11) is 0. The Hall–Kier alpha value is -3.48. The highest BCUT2D eigenvalue weighted by atomic mass is 19.1. The molecular weight excluding hydrogens is 345 g/mol. The maximum absolute atomic E-state index is 13.5. The van der Waals surface area contributed by atoms with Crippen LogP contribution in [0.5, 0.6) is 0 Å². The highest BCUT2D eigenvalue weighted by Gasteiger charge is 2.17. The van der Waals surface area contributed by atoms with Crippen LogP contribution in [-0.2, 0) is 6.42 Å². The number of amides is 1. The van der Waals surface area contributed by atoms with E-state index >= 15 is 0 Å². The topological polar surface area (TPSA) is 75.6 Å². The number of carbonyl (C=O) groups excluding carboxylic acids is 1. The standard InChI is InChI=1S/C20H18FN5O/c1-13-19(24-25-26(13)16-5-3-2-4-6-16)20(27)22-10-9-14-12-23-18-8-7-15(21)11-17(14)18/h2-8,11-12,23H,9-10H2,1H3,(H,22,27). The lowest BCUT2D eigenvalue weighted by Gasteiger charge is -2.05. The van der Waals surface area contributed by atoms with Crippen molar-refractivity contribution in [3.8, 4) is 5.69 Å². The molecule has 2 aromatic carbocycles. The van der Waals surface area contributed by atoms with Crippen LogP contribution in [0.3, 0.4) is 0 Å². The number of benzene rings is 2. The predicted molar refractivity (Wildman–Crippen MR) is 100 cm³/mol. The van der Waals surface area contributed by atoms with E-state index in [1.165, 1.54) is 12.1 Å². The second kappa shape index (κ2) is 7.03. The van der Waals surface area contributed by atoms with Gasteiger partial charge in [0.05, 0.1) is 11.4 Å². The molecule has 2 N–H and O–H groups in total. The van der Waals surface area contributed by atoms with Gasteiger partial charge in [0.2, 0.25) is 0 Å². The van der Waals surface area contributed by atoms with Crippen molar-refractivity contribution < 1.29 is 9.18 Å². The monoisotopic (exact) mass is 363 g/mol. The number of aromatic nitrogens is 4. The third-order valence-corrected chi connectivity index (χ3v) is 4.52. The van der Waals surface area contributed by atoms with Gasteiger partial charge in [0, 0.05) is 23.6 Å². The van der Waals surface area contributed by atoms with Crippen LogP contribution in [0.4, 0.5) is 4.39 Å². The Bertz CT molecular complexity index is 1100. The maximum atomic E-state index is 13.5. The molecule has 4 aromatic rings. The van der Waals surface area contributed by atoms with Crippen molar-refractivity contribution in [1.82, 2.24) is 25.3 Å². The molecule has 0 radical (unpaired) electrons. The van der Waals surface area contributed by atoms with Gasteiger partial charge in [-0.05, 0) is 49.2 Å². The van der Waals surface area contributed by atoms with Gasteiger partial charge in [-0.25, -0.2) is 9.07 Å². The van der Waals surface area contributed by atoms with Gasteiger partial charge in [0.25, 0.3) is 5.91 Å². The fraction of sp³-hybridized carbons (Fsp3) is 0.150. The largest absolute Gasteiger partial charge is 0.361 e. The Morgan fingerprint density at radius 2 is 2.04 bits per heavy atom. The van der Waals surface area contributed by atoms with Crippen LogP contribution in [0.1, 0.15) is 21.7 Å². The molecule has 2 heterocycles. The summed E-state index contributed by atoms with van der Waals surface area (Å²) in [5, 5.41) is 11.8. The summed E-state index contributed by atoms with van der Waals surface area (Å²) in [6.45, 7) is 2.23. The lowest BCUT2D eigenvalue weighted by Crippen LogP contribution is -2.26. The molecule has 0 spiro atoms. The minimum Gasteiger partial charge on any atom is -0.361 e. The fourth-order valence-corrected chi connectivity index (χ4v) is 3.11. The average molecular weight is 363 g/mol. The molecular formula is C20H18FN5O. The second-order valence-electron chi connectivity index (χ2n) is 6.28. The summed E-state index contributed by atoms with van der Waals surface area (Å²) in [5.41, 5.74) is 3.65. The van der Waals surface area contributed by atoms with E-state index in [-0.39, 0.29) is 11.7 Å².